The van der Waals surface area contributed by atoms with E-state index in [4.69, 9.17) is 10.5 Å². The van der Waals surface area contributed by atoms with Crippen molar-refractivity contribution in [3.63, 3.8) is 0 Å². The Morgan fingerprint density at radius 1 is 1.64 bits per heavy atom. The predicted molar refractivity (Wildman–Crippen MR) is 46.3 cm³/mol. The SMILES string of the molecule is C=C1COC(C(C)C)C(N)C1. The average Bonchev–Trinajstić information content (AvgIpc) is 1.85. The van der Waals surface area contributed by atoms with Crippen LogP contribution in [-0.2, 0) is 4.74 Å². The molecule has 0 aromatic carbocycles. The van der Waals surface area contributed by atoms with Crippen LogP contribution in [0.25, 0.3) is 0 Å². The first-order chi connectivity index (χ1) is 5.11. The van der Waals surface area contributed by atoms with Crippen molar-refractivity contribution in [1.29, 1.82) is 0 Å². The third kappa shape index (κ3) is 2.04. The van der Waals surface area contributed by atoms with Crippen LogP contribution < -0.4 is 5.73 Å². The first kappa shape index (κ1) is 8.75. The Balaban J connectivity index is 2.50. The first-order valence-electron chi connectivity index (χ1n) is 4.15. The molecule has 0 saturated carbocycles. The Bertz CT molecular complexity index is 154. The average molecular weight is 155 g/mol. The molecule has 2 unspecified atom stereocenters. The summed E-state index contributed by atoms with van der Waals surface area (Å²) in [5, 5.41) is 0. The molecule has 64 valence electrons. The highest BCUT2D eigenvalue weighted by Crippen LogP contribution is 2.21. The fourth-order valence-corrected chi connectivity index (χ4v) is 1.53. The Kier molecular flexibility index (Phi) is 2.68. The summed E-state index contributed by atoms with van der Waals surface area (Å²) in [5.41, 5.74) is 7.00. The Hall–Kier alpha value is -0.340. The van der Waals surface area contributed by atoms with Crippen molar-refractivity contribution in [1.82, 2.24) is 0 Å². The molecule has 11 heavy (non-hydrogen) atoms. The highest BCUT2D eigenvalue weighted by molar-refractivity contribution is 5.03. The summed E-state index contributed by atoms with van der Waals surface area (Å²) in [6, 6.07) is 0.149. The molecule has 0 aliphatic carbocycles. The van der Waals surface area contributed by atoms with E-state index in [-0.39, 0.29) is 12.1 Å². The van der Waals surface area contributed by atoms with E-state index in [0.717, 1.165) is 12.0 Å². The summed E-state index contributed by atoms with van der Waals surface area (Å²) in [6.07, 6.45) is 1.14. The largest absolute Gasteiger partial charge is 0.372 e. The molecule has 0 spiro atoms. The maximum Gasteiger partial charge on any atom is 0.0756 e. The van der Waals surface area contributed by atoms with Gasteiger partial charge >= 0.3 is 0 Å². The van der Waals surface area contributed by atoms with Gasteiger partial charge in [-0.25, -0.2) is 0 Å². The van der Waals surface area contributed by atoms with Gasteiger partial charge in [0.15, 0.2) is 0 Å². The van der Waals surface area contributed by atoms with Crippen molar-refractivity contribution < 1.29 is 4.74 Å². The Morgan fingerprint density at radius 3 is 2.73 bits per heavy atom. The fourth-order valence-electron chi connectivity index (χ4n) is 1.53. The molecule has 2 nitrogen and oxygen atoms in total. The molecule has 2 atom stereocenters. The van der Waals surface area contributed by atoms with Gasteiger partial charge in [0.1, 0.15) is 0 Å². The molecular weight excluding hydrogens is 138 g/mol. The second-order valence-electron chi connectivity index (χ2n) is 3.64. The molecule has 0 amide bonds. The summed E-state index contributed by atoms with van der Waals surface area (Å²) in [5.74, 6) is 0.512. The number of rotatable bonds is 1. The van der Waals surface area contributed by atoms with Crippen molar-refractivity contribution in [3.8, 4) is 0 Å². The normalized spacial score (nSPS) is 32.9. The second-order valence-corrected chi connectivity index (χ2v) is 3.64. The van der Waals surface area contributed by atoms with Crippen molar-refractivity contribution in [3.05, 3.63) is 12.2 Å². The smallest absolute Gasteiger partial charge is 0.0756 e. The zero-order chi connectivity index (χ0) is 8.43. The highest BCUT2D eigenvalue weighted by Gasteiger charge is 2.26. The maximum atomic E-state index is 5.88. The minimum atomic E-state index is 0.149. The summed E-state index contributed by atoms with van der Waals surface area (Å²) in [4.78, 5) is 0. The molecule has 2 heteroatoms. The van der Waals surface area contributed by atoms with Crippen molar-refractivity contribution in [2.24, 2.45) is 11.7 Å². The van der Waals surface area contributed by atoms with Gasteiger partial charge in [-0.3, -0.25) is 0 Å². The van der Waals surface area contributed by atoms with Crippen LogP contribution >= 0.6 is 0 Å². The van der Waals surface area contributed by atoms with Gasteiger partial charge in [-0.2, -0.15) is 0 Å². The van der Waals surface area contributed by atoms with Crippen molar-refractivity contribution >= 4 is 0 Å². The second kappa shape index (κ2) is 3.37. The molecular formula is C9H17NO. The zero-order valence-corrected chi connectivity index (χ0v) is 7.34. The quantitative estimate of drug-likeness (QED) is 0.579. The van der Waals surface area contributed by atoms with Crippen LogP contribution in [0.5, 0.6) is 0 Å². The topological polar surface area (TPSA) is 35.2 Å². The number of hydrogen-bond acceptors (Lipinski definition) is 2. The molecule has 1 saturated heterocycles. The molecule has 1 aliphatic heterocycles. The van der Waals surface area contributed by atoms with Crippen LogP contribution in [0.2, 0.25) is 0 Å². The summed E-state index contributed by atoms with van der Waals surface area (Å²) < 4.78 is 5.54. The van der Waals surface area contributed by atoms with Gasteiger partial charge in [0, 0.05) is 6.04 Å². The van der Waals surface area contributed by atoms with Gasteiger partial charge < -0.3 is 10.5 Å². The van der Waals surface area contributed by atoms with E-state index in [1.54, 1.807) is 0 Å². The van der Waals surface area contributed by atoms with Gasteiger partial charge in [0.05, 0.1) is 12.7 Å². The van der Waals surface area contributed by atoms with Crippen molar-refractivity contribution in [2.45, 2.75) is 32.4 Å². The van der Waals surface area contributed by atoms with Crippen LogP contribution in [0.1, 0.15) is 20.3 Å². The van der Waals surface area contributed by atoms with Gasteiger partial charge in [0.25, 0.3) is 0 Å². The van der Waals surface area contributed by atoms with E-state index < -0.39 is 0 Å². The molecule has 0 aromatic rings. The lowest BCUT2D eigenvalue weighted by molar-refractivity contribution is -0.00190. The monoisotopic (exact) mass is 155 g/mol. The van der Waals surface area contributed by atoms with Crippen LogP contribution in [0.15, 0.2) is 12.2 Å². The fraction of sp³-hybridized carbons (Fsp3) is 0.778. The maximum absolute atomic E-state index is 5.88. The van der Waals surface area contributed by atoms with E-state index >= 15 is 0 Å². The third-order valence-electron chi connectivity index (χ3n) is 2.08. The molecule has 1 heterocycles. The summed E-state index contributed by atoms with van der Waals surface area (Å²) in [6.45, 7) is 8.82. The van der Waals surface area contributed by atoms with Crippen LogP contribution in [-0.4, -0.2) is 18.8 Å². The molecule has 0 aromatic heterocycles. The van der Waals surface area contributed by atoms with E-state index in [2.05, 4.69) is 20.4 Å². The number of nitrogens with two attached hydrogens (primary N) is 1. The standard InChI is InChI=1S/C9H17NO/c1-6(2)9-8(10)4-7(3)5-11-9/h6,8-9H,3-5,10H2,1-2H3. The number of ether oxygens (including phenoxy) is 1. The molecule has 1 aliphatic rings. The molecule has 0 radical (unpaired) electrons. The third-order valence-corrected chi connectivity index (χ3v) is 2.08. The van der Waals surface area contributed by atoms with Crippen LogP contribution in [0.3, 0.4) is 0 Å². The minimum Gasteiger partial charge on any atom is -0.372 e. The van der Waals surface area contributed by atoms with Gasteiger partial charge in [-0.15, -0.1) is 0 Å². The molecule has 1 rings (SSSR count). The lowest BCUT2D eigenvalue weighted by atomic mass is 9.93. The first-order valence-corrected chi connectivity index (χ1v) is 4.15. The van der Waals surface area contributed by atoms with Crippen molar-refractivity contribution in [2.75, 3.05) is 6.61 Å². The van der Waals surface area contributed by atoms with E-state index in [9.17, 15) is 0 Å². The van der Waals surface area contributed by atoms with Crippen LogP contribution in [0.4, 0.5) is 0 Å². The summed E-state index contributed by atoms with van der Waals surface area (Å²) >= 11 is 0. The highest BCUT2D eigenvalue weighted by atomic mass is 16.5. The van der Waals surface area contributed by atoms with Gasteiger partial charge in [-0.05, 0) is 12.3 Å². The lowest BCUT2D eigenvalue weighted by Gasteiger charge is -2.32. The summed E-state index contributed by atoms with van der Waals surface area (Å²) in [7, 11) is 0. The van der Waals surface area contributed by atoms with E-state index in [1.165, 1.54) is 0 Å². The minimum absolute atomic E-state index is 0.149. The lowest BCUT2D eigenvalue weighted by Crippen LogP contribution is -2.44. The van der Waals surface area contributed by atoms with Gasteiger partial charge in [0.2, 0.25) is 0 Å². The Morgan fingerprint density at radius 2 is 2.27 bits per heavy atom. The van der Waals surface area contributed by atoms with Gasteiger partial charge in [-0.1, -0.05) is 26.0 Å². The van der Waals surface area contributed by atoms with E-state index in [1.807, 2.05) is 0 Å². The predicted octanol–water partition coefficient (Wildman–Crippen LogP) is 1.31. The Labute approximate surface area is 68.4 Å². The molecule has 0 bridgehead atoms. The number of hydrogen-bond donors (Lipinski definition) is 1. The molecule has 2 N–H and O–H groups in total. The zero-order valence-electron chi connectivity index (χ0n) is 7.34. The van der Waals surface area contributed by atoms with Crippen LogP contribution in [0, 0.1) is 5.92 Å². The molecule has 1 fully saturated rings. The van der Waals surface area contributed by atoms with E-state index in [0.29, 0.717) is 12.5 Å².